The van der Waals surface area contributed by atoms with E-state index in [-0.39, 0.29) is 16.7 Å². The Morgan fingerprint density at radius 2 is 0.544 bits per heavy atom. The number of nitrogens with zero attached hydrogens (tertiary/aromatic N) is 4. The summed E-state index contributed by atoms with van der Waals surface area (Å²) < 4.78 is 0. The highest BCUT2D eigenvalue weighted by atomic mass is 28.3. The number of rotatable bonds is 18. The van der Waals surface area contributed by atoms with Gasteiger partial charge in [-0.3, -0.25) is 0 Å². The van der Waals surface area contributed by atoms with Crippen LogP contribution in [0.5, 0.6) is 0 Å². The highest BCUT2D eigenvalue weighted by molar-refractivity contribution is 7.00. The van der Waals surface area contributed by atoms with Gasteiger partial charge in [0.05, 0.1) is 0 Å². The van der Waals surface area contributed by atoms with Crippen molar-refractivity contribution in [3.63, 3.8) is 0 Å². The molecule has 14 aromatic rings. The number of hydrogen-bond acceptors (Lipinski definition) is 4. The molecule has 1 aliphatic rings. The molecule has 0 aliphatic heterocycles. The van der Waals surface area contributed by atoms with E-state index in [1.165, 1.54) is 188 Å². The lowest BCUT2D eigenvalue weighted by atomic mass is 9.65. The normalized spacial score (nSPS) is 13.1. The molecule has 5 heteroatoms. The largest absolute Gasteiger partial charge is 0.345 e. The fourth-order valence-corrected chi connectivity index (χ4v) is 19.2. The molecule has 0 saturated heterocycles. The molecule has 1 aliphatic carbocycles. The van der Waals surface area contributed by atoms with Crippen molar-refractivity contribution < 1.29 is 0 Å². The van der Waals surface area contributed by atoms with E-state index in [1.807, 2.05) is 0 Å². The van der Waals surface area contributed by atoms with Gasteiger partial charge in [-0.15, -0.1) is 0 Å². The monoisotopic (exact) mass is 1510 g/mol. The molecule has 1 fully saturated rings. The zero-order chi connectivity index (χ0) is 80.7. The number of benzene rings is 14. The fraction of sp³-hybridized carbons (Fsp3) is 0.229. The molecule has 0 bridgehead atoms. The van der Waals surface area contributed by atoms with Crippen LogP contribution >= 0.6 is 0 Å². The Morgan fingerprint density at radius 1 is 0.272 bits per heavy atom. The molecule has 4 nitrogen and oxygen atoms in total. The molecule has 0 N–H and O–H groups in total. The number of hydrogen-bond donors (Lipinski definition) is 0. The van der Waals surface area contributed by atoms with Crippen LogP contribution in [-0.4, -0.2) is 36.3 Å². The van der Waals surface area contributed by atoms with Gasteiger partial charge in [-0.2, -0.15) is 0 Å². The molecule has 1 saturated carbocycles. The zero-order valence-electron chi connectivity index (χ0n) is 70.7. The van der Waals surface area contributed by atoms with Gasteiger partial charge in [0.1, 0.15) is 8.07 Å². The summed E-state index contributed by atoms with van der Waals surface area (Å²) in [6.07, 6.45) is 6.50. The Morgan fingerprint density at radius 3 is 0.956 bits per heavy atom. The first-order valence-corrected chi connectivity index (χ1v) is 43.9. The van der Waals surface area contributed by atoms with Crippen molar-refractivity contribution in [1.82, 2.24) is 0 Å². The quantitative estimate of drug-likeness (QED) is 0.0627. The minimum atomic E-state index is -1.63. The van der Waals surface area contributed by atoms with Gasteiger partial charge in [-0.1, -0.05) is 343 Å². The van der Waals surface area contributed by atoms with Crippen molar-refractivity contribution in [3.8, 4) is 0 Å². The summed E-state index contributed by atoms with van der Waals surface area (Å²) in [4.78, 5) is 9.06. The Kier molecular flexibility index (Phi) is 26.6. The topological polar surface area (TPSA) is 13.0 Å². The number of anilines is 8. The maximum absolute atomic E-state index is 2.42. The zero-order valence-corrected chi connectivity index (χ0v) is 71.7. The molecule has 14 aromatic carbocycles. The molecule has 0 heterocycles. The summed E-state index contributed by atoms with van der Waals surface area (Å²) in [6.45, 7) is 28.8. The number of para-hydroxylation sites is 1. The van der Waals surface area contributed by atoms with Crippen molar-refractivity contribution in [2.45, 2.75) is 138 Å². The summed E-state index contributed by atoms with van der Waals surface area (Å²) in [5.41, 5.74) is 33.6. The third-order valence-corrected chi connectivity index (χ3v) is 27.7. The Bertz CT molecular complexity index is 5380. The van der Waals surface area contributed by atoms with Gasteiger partial charge < -0.3 is 19.6 Å². The Labute approximate surface area is 685 Å². The van der Waals surface area contributed by atoms with Gasteiger partial charge in [0.25, 0.3) is 0 Å². The molecule has 0 aromatic heterocycles. The molecule has 0 radical (unpaired) electrons. The average Bonchev–Trinajstić information content (AvgIpc) is 0.769. The first-order valence-electron chi connectivity index (χ1n) is 40.9. The van der Waals surface area contributed by atoms with Crippen LogP contribution in [0.1, 0.15) is 145 Å². The van der Waals surface area contributed by atoms with Crippen LogP contribution in [0, 0.1) is 69.2 Å². The second kappa shape index (κ2) is 37.0. The van der Waals surface area contributed by atoms with Gasteiger partial charge in [-0.05, 0) is 229 Å². The van der Waals surface area contributed by atoms with E-state index in [4.69, 9.17) is 0 Å². The van der Waals surface area contributed by atoms with Crippen LogP contribution in [-0.2, 0) is 10.8 Å². The van der Waals surface area contributed by atoms with E-state index >= 15 is 0 Å². The first-order chi connectivity index (χ1) is 54.9. The molecule has 2 unspecified atom stereocenters. The van der Waals surface area contributed by atoms with Gasteiger partial charge in [0.15, 0.2) is 0 Å². The van der Waals surface area contributed by atoms with E-state index in [2.05, 4.69) is 477 Å². The SMILES string of the molecule is Cc1ccc(C(C)(c2ccccc2)c2ccc(N(C)c3ccc(C)cc3C)cc2)cc1.Cc1ccc(C(c2ccccc2)c2ccc(N(C)c3ccc(C)cc3C)cc2)cc1.Cc1ccc(C2(c3ccc(N(C)c4ccc(C)cc4C)cc3)CCCCC2)cc1.Cc1ccc([Si](C)(C)c2ccc(N(C)c3ccccc3)cc2)cc1. The fourth-order valence-electron chi connectivity index (χ4n) is 16.8. The lowest BCUT2D eigenvalue weighted by Crippen LogP contribution is -2.52. The lowest BCUT2D eigenvalue weighted by molar-refractivity contribution is 0.346. The van der Waals surface area contributed by atoms with Gasteiger partial charge in [0, 0.05) is 90.4 Å². The highest BCUT2D eigenvalue weighted by Gasteiger charge is 2.36. The van der Waals surface area contributed by atoms with E-state index in [9.17, 15) is 0 Å². The second-order valence-electron chi connectivity index (χ2n) is 32.8. The van der Waals surface area contributed by atoms with Crippen LogP contribution in [0.15, 0.2) is 340 Å². The summed E-state index contributed by atoms with van der Waals surface area (Å²) in [5, 5.41) is 2.95. The Hall–Kier alpha value is -11.5. The minimum absolute atomic E-state index is 0.169. The van der Waals surface area contributed by atoms with Crippen molar-refractivity contribution in [2.24, 2.45) is 0 Å². The molecule has 0 spiro atoms. The molecule has 578 valence electrons. The third kappa shape index (κ3) is 19.2. The van der Waals surface area contributed by atoms with Crippen molar-refractivity contribution in [1.29, 1.82) is 0 Å². The van der Waals surface area contributed by atoms with Crippen molar-refractivity contribution in [3.05, 3.63) is 440 Å². The second-order valence-corrected chi connectivity index (χ2v) is 37.2. The van der Waals surface area contributed by atoms with Gasteiger partial charge >= 0.3 is 0 Å². The summed E-state index contributed by atoms with van der Waals surface area (Å²) >= 11 is 0. The maximum Gasteiger partial charge on any atom is 0.112 e. The van der Waals surface area contributed by atoms with E-state index in [0.717, 1.165) is 0 Å². The van der Waals surface area contributed by atoms with Crippen LogP contribution in [0.4, 0.5) is 45.5 Å². The average molecular weight is 1510 g/mol. The van der Waals surface area contributed by atoms with Crippen LogP contribution in [0.25, 0.3) is 0 Å². The van der Waals surface area contributed by atoms with E-state index in [1.54, 1.807) is 0 Å². The third-order valence-electron chi connectivity index (χ3n) is 24.1. The molecule has 0 amide bonds. The predicted octanol–water partition coefficient (Wildman–Crippen LogP) is 27.5. The smallest absolute Gasteiger partial charge is 0.112 e. The van der Waals surface area contributed by atoms with Crippen LogP contribution < -0.4 is 30.0 Å². The molecule has 114 heavy (non-hydrogen) atoms. The lowest BCUT2D eigenvalue weighted by Gasteiger charge is -2.39. The summed E-state index contributed by atoms with van der Waals surface area (Å²) in [5.74, 6) is 0.229. The molecular weight excluding hydrogens is 1390 g/mol. The minimum Gasteiger partial charge on any atom is -0.345 e. The Balaban J connectivity index is 0.000000141. The molecule has 15 rings (SSSR count). The van der Waals surface area contributed by atoms with Crippen LogP contribution in [0.2, 0.25) is 13.1 Å². The van der Waals surface area contributed by atoms with Gasteiger partial charge in [0.2, 0.25) is 0 Å². The predicted molar refractivity (Wildman–Crippen MR) is 497 cm³/mol. The first kappa shape index (κ1) is 82.0. The van der Waals surface area contributed by atoms with E-state index < -0.39 is 8.07 Å². The standard InChI is InChI=1S/C30H31N.C29H29N.C28H33N.C22H25NSi/c1-22-11-14-26(15-12-22)30(4,25-9-7-6-8-10-25)27-16-18-28(19-17-27)31(5)29-20-13-23(2)21-24(29)3;1-21-10-13-25(14-11-21)29(24-8-6-5-7-9-24)26-15-17-27(18-16-26)30(4)28-19-12-22(2)20-23(28)3;1-21-8-11-24(12-9-21)28(18-6-5-7-19-28)25-13-15-26(16-14-25)29(4)27-17-10-22(2)20-23(27)3;1-18-10-14-21(15-11-18)24(3,4)22-16-12-20(13-17-22)23(2)19-8-6-5-7-9-19/h6-21H,1-5H3;5-20,29H,1-4H3;8-17,20H,5-7,18-19H2,1-4H3;5-17H,1-4H3. The highest BCUT2D eigenvalue weighted by Crippen LogP contribution is 2.47. The molecule has 2 atom stereocenters. The van der Waals surface area contributed by atoms with Crippen molar-refractivity contribution in [2.75, 3.05) is 47.8 Å². The van der Waals surface area contributed by atoms with Gasteiger partial charge in [-0.25, -0.2) is 0 Å². The van der Waals surface area contributed by atoms with Crippen molar-refractivity contribution >= 4 is 63.9 Å². The number of aryl methyl sites for hydroxylation is 10. The maximum atomic E-state index is 2.42. The molecular formula is C109H118N4Si. The summed E-state index contributed by atoms with van der Waals surface area (Å²) in [6, 6.07) is 125. The van der Waals surface area contributed by atoms with Crippen LogP contribution in [0.3, 0.4) is 0 Å². The van der Waals surface area contributed by atoms with E-state index in [0.29, 0.717) is 0 Å². The summed E-state index contributed by atoms with van der Waals surface area (Å²) in [7, 11) is 6.94.